The quantitative estimate of drug-likeness (QED) is 0.757. The van der Waals surface area contributed by atoms with Crippen LogP contribution in [0, 0.1) is 12.7 Å². The predicted molar refractivity (Wildman–Crippen MR) is 75.7 cm³/mol. The van der Waals surface area contributed by atoms with E-state index < -0.39 is 0 Å². The fourth-order valence-electron chi connectivity index (χ4n) is 1.77. The molecule has 18 heavy (non-hydrogen) atoms. The second-order valence-electron chi connectivity index (χ2n) is 4.60. The zero-order chi connectivity index (χ0) is 13.7. The van der Waals surface area contributed by atoms with Crippen molar-refractivity contribution in [2.45, 2.75) is 33.2 Å². The summed E-state index contributed by atoms with van der Waals surface area (Å²) in [5.41, 5.74) is 1.06. The van der Waals surface area contributed by atoms with Crippen molar-refractivity contribution >= 4 is 21.8 Å². The summed E-state index contributed by atoms with van der Waals surface area (Å²) >= 11 is 3.37. The first-order valence-corrected chi connectivity index (χ1v) is 7.22. The van der Waals surface area contributed by atoms with E-state index in [2.05, 4.69) is 15.9 Å². The van der Waals surface area contributed by atoms with Gasteiger partial charge in [-0.2, -0.15) is 0 Å². The van der Waals surface area contributed by atoms with Crippen LogP contribution in [0.5, 0.6) is 0 Å². The Bertz CT molecular complexity index is 420. The second kappa shape index (κ2) is 6.88. The van der Waals surface area contributed by atoms with Crippen LogP contribution in [0.25, 0.3) is 0 Å². The molecule has 1 aromatic carbocycles. The van der Waals surface area contributed by atoms with Gasteiger partial charge in [0.25, 0.3) is 5.91 Å². The highest BCUT2D eigenvalue weighted by molar-refractivity contribution is 9.09. The van der Waals surface area contributed by atoms with Gasteiger partial charge in [-0.3, -0.25) is 4.79 Å². The number of benzene rings is 1. The lowest BCUT2D eigenvalue weighted by Crippen LogP contribution is -2.37. The van der Waals surface area contributed by atoms with E-state index in [4.69, 9.17) is 0 Å². The molecular formula is C14H19BrFNO. The SMILES string of the molecule is Cc1cc(C(=O)N(CCCBr)C(C)C)ccc1F. The minimum Gasteiger partial charge on any atom is -0.336 e. The van der Waals surface area contributed by atoms with Gasteiger partial charge in [-0.15, -0.1) is 0 Å². The van der Waals surface area contributed by atoms with Crippen molar-refractivity contribution in [3.63, 3.8) is 0 Å². The van der Waals surface area contributed by atoms with Crippen molar-refractivity contribution in [3.8, 4) is 0 Å². The number of halogens is 2. The highest BCUT2D eigenvalue weighted by Gasteiger charge is 2.18. The molecule has 4 heteroatoms. The molecule has 0 aliphatic rings. The maximum Gasteiger partial charge on any atom is 0.254 e. The Morgan fingerprint density at radius 1 is 1.44 bits per heavy atom. The molecule has 100 valence electrons. The Hall–Kier alpha value is -0.900. The number of carbonyl (C=O) groups is 1. The maximum atomic E-state index is 13.2. The molecule has 0 bridgehead atoms. The van der Waals surface area contributed by atoms with E-state index in [0.717, 1.165) is 11.8 Å². The van der Waals surface area contributed by atoms with Gasteiger partial charge in [0.05, 0.1) is 0 Å². The van der Waals surface area contributed by atoms with Gasteiger partial charge in [-0.05, 0) is 51.0 Å². The monoisotopic (exact) mass is 315 g/mol. The van der Waals surface area contributed by atoms with Crippen LogP contribution in [-0.4, -0.2) is 28.7 Å². The van der Waals surface area contributed by atoms with E-state index in [-0.39, 0.29) is 17.8 Å². The van der Waals surface area contributed by atoms with Crippen molar-refractivity contribution in [2.75, 3.05) is 11.9 Å². The van der Waals surface area contributed by atoms with Gasteiger partial charge in [0.2, 0.25) is 0 Å². The number of alkyl halides is 1. The van der Waals surface area contributed by atoms with Gasteiger partial charge in [-0.1, -0.05) is 15.9 Å². The number of carbonyl (C=O) groups excluding carboxylic acids is 1. The molecule has 0 saturated heterocycles. The Morgan fingerprint density at radius 3 is 2.61 bits per heavy atom. The molecular weight excluding hydrogens is 297 g/mol. The van der Waals surface area contributed by atoms with E-state index in [0.29, 0.717) is 17.7 Å². The van der Waals surface area contributed by atoms with Crippen molar-refractivity contribution in [3.05, 3.63) is 35.1 Å². The number of hydrogen-bond donors (Lipinski definition) is 0. The fourth-order valence-corrected chi connectivity index (χ4v) is 2.02. The molecule has 0 aliphatic heterocycles. The number of nitrogens with zero attached hydrogens (tertiary/aromatic N) is 1. The summed E-state index contributed by atoms with van der Waals surface area (Å²) in [5.74, 6) is -0.308. The molecule has 0 fully saturated rings. The Labute approximate surface area is 116 Å². The lowest BCUT2D eigenvalue weighted by molar-refractivity contribution is 0.0706. The molecule has 1 amide bonds. The minimum atomic E-state index is -0.275. The molecule has 1 rings (SSSR count). The summed E-state index contributed by atoms with van der Waals surface area (Å²) in [6.45, 7) is 6.35. The van der Waals surface area contributed by atoms with E-state index in [1.54, 1.807) is 19.1 Å². The number of aryl methyl sites for hydroxylation is 1. The molecule has 1 aromatic rings. The van der Waals surface area contributed by atoms with Crippen LogP contribution in [0.3, 0.4) is 0 Å². The topological polar surface area (TPSA) is 20.3 Å². The van der Waals surface area contributed by atoms with Crippen molar-refractivity contribution < 1.29 is 9.18 Å². The highest BCUT2D eigenvalue weighted by Crippen LogP contribution is 2.14. The number of rotatable bonds is 5. The maximum absolute atomic E-state index is 13.2. The van der Waals surface area contributed by atoms with Crippen LogP contribution in [0.1, 0.15) is 36.2 Å². The van der Waals surface area contributed by atoms with Crippen LogP contribution in [0.2, 0.25) is 0 Å². The van der Waals surface area contributed by atoms with E-state index in [9.17, 15) is 9.18 Å². The second-order valence-corrected chi connectivity index (χ2v) is 5.39. The van der Waals surface area contributed by atoms with Crippen LogP contribution in [0.4, 0.5) is 4.39 Å². The summed E-state index contributed by atoms with van der Waals surface area (Å²) < 4.78 is 13.2. The predicted octanol–water partition coefficient (Wildman–Crippen LogP) is 3.77. The van der Waals surface area contributed by atoms with Crippen LogP contribution in [-0.2, 0) is 0 Å². The average Bonchev–Trinajstić information content (AvgIpc) is 2.32. The molecule has 0 aromatic heterocycles. The average molecular weight is 316 g/mol. The van der Waals surface area contributed by atoms with Crippen LogP contribution < -0.4 is 0 Å². The normalized spacial score (nSPS) is 10.8. The van der Waals surface area contributed by atoms with Crippen LogP contribution in [0.15, 0.2) is 18.2 Å². The third-order valence-electron chi connectivity index (χ3n) is 2.82. The van der Waals surface area contributed by atoms with Gasteiger partial charge in [0, 0.05) is 23.5 Å². The molecule has 0 unspecified atom stereocenters. The zero-order valence-corrected chi connectivity index (χ0v) is 12.6. The third-order valence-corrected chi connectivity index (χ3v) is 3.38. The largest absolute Gasteiger partial charge is 0.336 e. The summed E-state index contributed by atoms with van der Waals surface area (Å²) in [7, 11) is 0. The number of amides is 1. The molecule has 0 radical (unpaired) electrons. The first-order valence-electron chi connectivity index (χ1n) is 6.10. The van der Waals surface area contributed by atoms with Gasteiger partial charge < -0.3 is 4.90 Å². The zero-order valence-electron chi connectivity index (χ0n) is 11.0. The Morgan fingerprint density at radius 2 is 2.11 bits per heavy atom. The summed E-state index contributed by atoms with van der Waals surface area (Å²) in [6.07, 6.45) is 0.907. The van der Waals surface area contributed by atoms with E-state index in [1.165, 1.54) is 6.07 Å². The molecule has 0 heterocycles. The lowest BCUT2D eigenvalue weighted by atomic mass is 10.1. The molecule has 0 atom stereocenters. The molecule has 0 N–H and O–H groups in total. The Balaban J connectivity index is 2.91. The van der Waals surface area contributed by atoms with Crippen molar-refractivity contribution in [1.29, 1.82) is 0 Å². The minimum absolute atomic E-state index is 0.0333. The summed E-state index contributed by atoms with van der Waals surface area (Å²) in [5, 5.41) is 0.867. The molecule has 0 aliphatic carbocycles. The molecule has 0 spiro atoms. The van der Waals surface area contributed by atoms with Crippen molar-refractivity contribution in [1.82, 2.24) is 4.90 Å². The van der Waals surface area contributed by atoms with Gasteiger partial charge >= 0.3 is 0 Å². The molecule has 0 saturated carbocycles. The smallest absolute Gasteiger partial charge is 0.254 e. The van der Waals surface area contributed by atoms with E-state index >= 15 is 0 Å². The van der Waals surface area contributed by atoms with Gasteiger partial charge in [-0.25, -0.2) is 4.39 Å². The van der Waals surface area contributed by atoms with Gasteiger partial charge in [0.15, 0.2) is 0 Å². The summed E-state index contributed by atoms with van der Waals surface area (Å²) in [6, 6.07) is 4.66. The standard InChI is InChI=1S/C14H19BrFNO/c1-10(2)17(8-4-7-15)14(18)12-5-6-13(16)11(3)9-12/h5-6,9-10H,4,7-8H2,1-3H3. The van der Waals surface area contributed by atoms with Crippen LogP contribution >= 0.6 is 15.9 Å². The lowest BCUT2D eigenvalue weighted by Gasteiger charge is -2.26. The van der Waals surface area contributed by atoms with Crippen molar-refractivity contribution in [2.24, 2.45) is 0 Å². The summed E-state index contributed by atoms with van der Waals surface area (Å²) in [4.78, 5) is 14.2. The molecule has 2 nitrogen and oxygen atoms in total. The first-order chi connectivity index (χ1) is 8.47. The fraction of sp³-hybridized carbons (Fsp3) is 0.500. The first kappa shape index (κ1) is 15.2. The third kappa shape index (κ3) is 3.80. The van der Waals surface area contributed by atoms with E-state index in [1.807, 2.05) is 18.7 Å². The highest BCUT2D eigenvalue weighted by atomic mass is 79.9. The number of hydrogen-bond acceptors (Lipinski definition) is 1. The Kier molecular flexibility index (Phi) is 5.79. The van der Waals surface area contributed by atoms with Gasteiger partial charge in [0.1, 0.15) is 5.82 Å².